The van der Waals surface area contributed by atoms with Crippen LogP contribution in [0.4, 0.5) is 20.2 Å². The van der Waals surface area contributed by atoms with Gasteiger partial charge >= 0.3 is 0 Å². The summed E-state index contributed by atoms with van der Waals surface area (Å²) < 4.78 is 54.1. The molecule has 0 aliphatic heterocycles. The Kier molecular flexibility index (Phi) is 5.18. The molecule has 0 aliphatic rings. The fourth-order valence-electron chi connectivity index (χ4n) is 2.33. The van der Waals surface area contributed by atoms with Crippen LogP contribution in [0.25, 0.3) is 0 Å². The fraction of sp³-hybridized carbons (Fsp3) is 0. The second kappa shape index (κ2) is 7.55. The number of halogens is 2. The summed E-state index contributed by atoms with van der Waals surface area (Å²) in [7, 11) is -4.04. The molecule has 2 N–H and O–H groups in total. The molecule has 0 aromatic heterocycles. The lowest BCUT2D eigenvalue weighted by Gasteiger charge is -2.10. The first kappa shape index (κ1) is 18.5. The van der Waals surface area contributed by atoms with Crippen LogP contribution < -0.4 is 10.0 Å². The van der Waals surface area contributed by atoms with Gasteiger partial charge < -0.3 is 5.32 Å². The Labute approximate surface area is 154 Å². The zero-order valence-corrected chi connectivity index (χ0v) is 14.6. The lowest BCUT2D eigenvalue weighted by molar-refractivity contribution is 0.102. The van der Waals surface area contributed by atoms with Gasteiger partial charge in [0.1, 0.15) is 11.6 Å². The van der Waals surface area contributed by atoms with E-state index in [0.29, 0.717) is 0 Å². The predicted octanol–water partition coefficient (Wildman–Crippen LogP) is 4.02. The van der Waals surface area contributed by atoms with Gasteiger partial charge in [0.2, 0.25) is 0 Å². The molecule has 3 rings (SSSR count). The van der Waals surface area contributed by atoms with Crippen LogP contribution in [0.1, 0.15) is 10.4 Å². The van der Waals surface area contributed by atoms with Crippen molar-refractivity contribution in [3.8, 4) is 0 Å². The molecular weight excluding hydrogens is 374 g/mol. The number of hydrogen-bond acceptors (Lipinski definition) is 3. The molecule has 0 radical (unpaired) electrons. The second-order valence-corrected chi connectivity index (χ2v) is 7.26. The monoisotopic (exact) mass is 388 g/mol. The summed E-state index contributed by atoms with van der Waals surface area (Å²) in [6, 6.07) is 15.8. The number of hydrogen-bond donors (Lipinski definition) is 2. The number of nitrogens with one attached hydrogen (secondary N) is 2. The van der Waals surface area contributed by atoms with Crippen LogP contribution >= 0.6 is 0 Å². The van der Waals surface area contributed by atoms with Crippen LogP contribution in [0.3, 0.4) is 0 Å². The first-order valence-corrected chi connectivity index (χ1v) is 9.28. The number of anilines is 2. The minimum absolute atomic E-state index is 0.0198. The van der Waals surface area contributed by atoms with E-state index in [1.165, 1.54) is 54.6 Å². The zero-order chi connectivity index (χ0) is 19.4. The quantitative estimate of drug-likeness (QED) is 0.693. The normalized spacial score (nSPS) is 11.0. The maximum Gasteiger partial charge on any atom is 0.261 e. The van der Waals surface area contributed by atoms with E-state index in [4.69, 9.17) is 0 Å². The summed E-state index contributed by atoms with van der Waals surface area (Å²) in [4.78, 5) is 12.1. The van der Waals surface area contributed by atoms with Gasteiger partial charge in [-0.1, -0.05) is 24.3 Å². The molecule has 0 atom stereocenters. The zero-order valence-electron chi connectivity index (χ0n) is 13.8. The van der Waals surface area contributed by atoms with Crippen molar-refractivity contribution < 1.29 is 22.0 Å². The summed E-state index contributed by atoms with van der Waals surface area (Å²) in [5, 5.41) is 2.38. The van der Waals surface area contributed by atoms with Crippen LogP contribution in [-0.4, -0.2) is 14.3 Å². The Morgan fingerprint density at radius 3 is 2.33 bits per heavy atom. The van der Waals surface area contributed by atoms with Crippen LogP contribution in [0.2, 0.25) is 0 Å². The average molecular weight is 388 g/mol. The van der Waals surface area contributed by atoms with E-state index in [-0.39, 0.29) is 21.8 Å². The van der Waals surface area contributed by atoms with E-state index in [1.807, 2.05) is 0 Å². The van der Waals surface area contributed by atoms with Crippen molar-refractivity contribution in [2.45, 2.75) is 4.90 Å². The molecule has 0 fully saturated rings. The van der Waals surface area contributed by atoms with Crippen LogP contribution in [0.5, 0.6) is 0 Å². The van der Waals surface area contributed by atoms with E-state index >= 15 is 0 Å². The highest BCUT2D eigenvalue weighted by atomic mass is 32.2. The van der Waals surface area contributed by atoms with Gasteiger partial charge in [-0.3, -0.25) is 9.52 Å². The van der Waals surface area contributed by atoms with Crippen LogP contribution in [-0.2, 0) is 10.0 Å². The third-order valence-electron chi connectivity index (χ3n) is 3.61. The molecule has 0 unspecified atom stereocenters. The number of benzene rings is 3. The summed E-state index contributed by atoms with van der Waals surface area (Å²) >= 11 is 0. The number of rotatable bonds is 5. The lowest BCUT2D eigenvalue weighted by atomic mass is 10.2. The molecule has 0 spiro atoms. The molecule has 0 aliphatic carbocycles. The van der Waals surface area contributed by atoms with E-state index in [1.54, 1.807) is 6.07 Å². The molecule has 5 nitrogen and oxygen atoms in total. The number of para-hydroxylation sites is 1. The Hall–Kier alpha value is -3.26. The van der Waals surface area contributed by atoms with Gasteiger partial charge in [-0.05, 0) is 48.5 Å². The van der Waals surface area contributed by atoms with Crippen molar-refractivity contribution in [3.05, 3.63) is 90.0 Å². The van der Waals surface area contributed by atoms with E-state index < -0.39 is 27.6 Å². The van der Waals surface area contributed by atoms with Gasteiger partial charge in [-0.15, -0.1) is 0 Å². The Bertz CT molecular complexity index is 1100. The molecular formula is C19H14F2N2O3S. The van der Waals surface area contributed by atoms with Gasteiger partial charge in [-0.25, -0.2) is 17.2 Å². The molecule has 138 valence electrons. The van der Waals surface area contributed by atoms with E-state index in [9.17, 15) is 22.0 Å². The molecule has 1 amide bonds. The van der Waals surface area contributed by atoms with Crippen molar-refractivity contribution >= 4 is 27.3 Å². The highest BCUT2D eigenvalue weighted by molar-refractivity contribution is 7.92. The highest BCUT2D eigenvalue weighted by Gasteiger charge is 2.17. The largest absolute Gasteiger partial charge is 0.319 e. The molecule has 27 heavy (non-hydrogen) atoms. The first-order valence-electron chi connectivity index (χ1n) is 7.79. The Morgan fingerprint density at radius 1 is 0.852 bits per heavy atom. The minimum Gasteiger partial charge on any atom is -0.319 e. The standard InChI is InChI=1S/C19H14F2N2O3S/c20-14-6-4-7-15(12-14)23-27(25,26)16-8-3-5-13(11-16)19(24)22-18-10-2-1-9-17(18)21/h1-12,23H,(H,22,24). The van der Waals surface area contributed by atoms with Crippen molar-refractivity contribution in [1.29, 1.82) is 0 Å². The Balaban J connectivity index is 1.84. The number of carbonyl (C=O) groups is 1. The topological polar surface area (TPSA) is 75.3 Å². The molecule has 3 aromatic rings. The number of amides is 1. The lowest BCUT2D eigenvalue weighted by Crippen LogP contribution is -2.16. The molecule has 0 heterocycles. The van der Waals surface area contributed by atoms with E-state index in [0.717, 1.165) is 12.1 Å². The highest BCUT2D eigenvalue weighted by Crippen LogP contribution is 2.19. The van der Waals surface area contributed by atoms with Crippen molar-refractivity contribution in [1.82, 2.24) is 0 Å². The van der Waals surface area contributed by atoms with Gasteiger partial charge in [0.05, 0.1) is 16.3 Å². The number of sulfonamides is 1. The SMILES string of the molecule is O=C(Nc1ccccc1F)c1cccc(S(=O)(=O)Nc2cccc(F)c2)c1. The van der Waals surface area contributed by atoms with Crippen molar-refractivity contribution in [2.75, 3.05) is 10.0 Å². The van der Waals surface area contributed by atoms with Gasteiger partial charge in [0.25, 0.3) is 15.9 Å². The van der Waals surface area contributed by atoms with E-state index in [2.05, 4.69) is 10.0 Å². The molecule has 8 heteroatoms. The fourth-order valence-corrected chi connectivity index (χ4v) is 3.42. The predicted molar refractivity (Wildman–Crippen MR) is 98.0 cm³/mol. The second-order valence-electron chi connectivity index (χ2n) is 5.58. The average Bonchev–Trinajstić information content (AvgIpc) is 2.63. The summed E-state index contributed by atoms with van der Waals surface area (Å²) in [5.41, 5.74) is 0.0604. The van der Waals surface area contributed by atoms with Crippen LogP contribution in [0.15, 0.2) is 77.7 Å². The Morgan fingerprint density at radius 2 is 1.59 bits per heavy atom. The molecule has 0 saturated heterocycles. The van der Waals surface area contributed by atoms with Gasteiger partial charge in [0.15, 0.2) is 0 Å². The maximum atomic E-state index is 13.7. The molecule has 0 bridgehead atoms. The van der Waals surface area contributed by atoms with Crippen molar-refractivity contribution in [2.24, 2.45) is 0 Å². The minimum atomic E-state index is -4.04. The smallest absolute Gasteiger partial charge is 0.261 e. The summed E-state index contributed by atoms with van der Waals surface area (Å²) in [5.74, 6) is -1.86. The summed E-state index contributed by atoms with van der Waals surface area (Å²) in [6.45, 7) is 0. The van der Waals surface area contributed by atoms with Gasteiger partial charge in [-0.2, -0.15) is 0 Å². The molecule has 0 saturated carbocycles. The third-order valence-corrected chi connectivity index (χ3v) is 4.98. The maximum absolute atomic E-state index is 13.7. The number of carbonyl (C=O) groups excluding carboxylic acids is 1. The summed E-state index contributed by atoms with van der Waals surface area (Å²) in [6.07, 6.45) is 0. The third kappa shape index (κ3) is 4.48. The first-order chi connectivity index (χ1) is 12.8. The van der Waals surface area contributed by atoms with Crippen LogP contribution in [0, 0.1) is 11.6 Å². The van der Waals surface area contributed by atoms with Crippen molar-refractivity contribution in [3.63, 3.8) is 0 Å². The van der Waals surface area contributed by atoms with Gasteiger partial charge in [0, 0.05) is 5.56 Å². The molecule has 3 aromatic carbocycles.